The zero-order valence-corrected chi connectivity index (χ0v) is 10.2. The Hall–Kier alpha value is -2.14. The summed E-state index contributed by atoms with van der Waals surface area (Å²) < 4.78 is 0. The Morgan fingerprint density at radius 1 is 1.44 bits per heavy atom. The summed E-state index contributed by atoms with van der Waals surface area (Å²) in [6.45, 7) is 1.48. The van der Waals surface area contributed by atoms with Gasteiger partial charge in [0.25, 0.3) is 5.56 Å². The zero-order valence-electron chi connectivity index (χ0n) is 9.40. The van der Waals surface area contributed by atoms with Crippen LogP contribution in [-0.2, 0) is 0 Å². The van der Waals surface area contributed by atoms with Crippen LogP contribution in [0.25, 0.3) is 11.4 Å². The molecular weight excluding hydrogens is 256 g/mol. The number of aromatic amines is 1. The first-order valence-corrected chi connectivity index (χ1v) is 5.47. The van der Waals surface area contributed by atoms with Gasteiger partial charge in [-0.15, -0.1) is 0 Å². The number of carbonyl (C=O) groups is 1. The molecule has 1 aromatic carbocycles. The molecule has 0 atom stereocenters. The van der Waals surface area contributed by atoms with Crippen LogP contribution in [-0.4, -0.2) is 21.0 Å². The van der Waals surface area contributed by atoms with Gasteiger partial charge in [-0.05, 0) is 19.1 Å². The highest BCUT2D eigenvalue weighted by Crippen LogP contribution is 2.19. The molecule has 92 valence electrons. The maximum absolute atomic E-state index is 11.7. The normalized spacial score (nSPS) is 10.3. The molecule has 5 nitrogen and oxygen atoms in total. The quantitative estimate of drug-likeness (QED) is 0.870. The number of aryl methyl sites for hydroxylation is 1. The summed E-state index contributed by atoms with van der Waals surface area (Å²) in [5.74, 6) is -0.996. The molecule has 0 radical (unpaired) electrons. The molecule has 0 spiro atoms. The first kappa shape index (κ1) is 12.3. The third-order valence-electron chi connectivity index (χ3n) is 2.41. The monoisotopic (exact) mass is 264 g/mol. The van der Waals surface area contributed by atoms with E-state index in [1.807, 2.05) is 0 Å². The SMILES string of the molecule is Cc1nc(-c2cccc(Cl)c2)[nH]c(=O)c1C(=O)O. The molecule has 0 saturated heterocycles. The summed E-state index contributed by atoms with van der Waals surface area (Å²) in [6.07, 6.45) is 0. The number of aromatic nitrogens is 2. The Labute approximate surface area is 107 Å². The van der Waals surface area contributed by atoms with Crippen molar-refractivity contribution in [1.29, 1.82) is 0 Å². The molecule has 0 aliphatic carbocycles. The van der Waals surface area contributed by atoms with Crippen molar-refractivity contribution in [3.8, 4) is 11.4 Å². The number of halogens is 1. The van der Waals surface area contributed by atoms with Crippen LogP contribution in [0.3, 0.4) is 0 Å². The zero-order chi connectivity index (χ0) is 13.3. The van der Waals surface area contributed by atoms with Gasteiger partial charge in [0.1, 0.15) is 11.4 Å². The van der Waals surface area contributed by atoms with Gasteiger partial charge in [0.2, 0.25) is 0 Å². The van der Waals surface area contributed by atoms with Gasteiger partial charge in [-0.3, -0.25) is 4.79 Å². The lowest BCUT2D eigenvalue weighted by molar-refractivity contribution is 0.0693. The smallest absolute Gasteiger partial charge is 0.343 e. The number of nitrogens with zero attached hydrogens (tertiary/aromatic N) is 1. The highest BCUT2D eigenvalue weighted by Gasteiger charge is 2.15. The van der Waals surface area contributed by atoms with Crippen molar-refractivity contribution >= 4 is 17.6 Å². The molecule has 0 aliphatic heterocycles. The number of aromatic carboxylic acids is 1. The van der Waals surface area contributed by atoms with E-state index in [1.165, 1.54) is 6.92 Å². The fourth-order valence-corrected chi connectivity index (χ4v) is 1.80. The predicted molar refractivity (Wildman–Crippen MR) is 67.0 cm³/mol. The lowest BCUT2D eigenvalue weighted by Crippen LogP contribution is -2.21. The maximum atomic E-state index is 11.7. The highest BCUT2D eigenvalue weighted by atomic mass is 35.5. The van der Waals surface area contributed by atoms with Gasteiger partial charge in [0.05, 0.1) is 5.69 Å². The number of hydrogen-bond donors (Lipinski definition) is 2. The van der Waals surface area contributed by atoms with Crippen molar-refractivity contribution in [2.45, 2.75) is 6.92 Å². The fourth-order valence-electron chi connectivity index (χ4n) is 1.61. The lowest BCUT2D eigenvalue weighted by atomic mass is 10.2. The largest absolute Gasteiger partial charge is 0.477 e. The third-order valence-corrected chi connectivity index (χ3v) is 2.65. The summed E-state index contributed by atoms with van der Waals surface area (Å²) in [5, 5.41) is 9.38. The summed E-state index contributed by atoms with van der Waals surface area (Å²) >= 11 is 5.84. The molecule has 0 saturated carbocycles. The second kappa shape index (κ2) is 4.62. The average molecular weight is 265 g/mol. The van der Waals surface area contributed by atoms with E-state index in [-0.39, 0.29) is 11.3 Å². The first-order valence-electron chi connectivity index (χ1n) is 5.09. The van der Waals surface area contributed by atoms with Gasteiger partial charge in [0, 0.05) is 10.6 Å². The first-order chi connectivity index (χ1) is 8.49. The van der Waals surface area contributed by atoms with E-state index in [1.54, 1.807) is 24.3 Å². The number of carboxylic acids is 1. The number of H-pyrrole nitrogens is 1. The second-order valence-electron chi connectivity index (χ2n) is 3.69. The van der Waals surface area contributed by atoms with Gasteiger partial charge in [-0.2, -0.15) is 0 Å². The molecule has 0 unspecified atom stereocenters. The minimum Gasteiger partial charge on any atom is -0.477 e. The number of hydrogen-bond acceptors (Lipinski definition) is 3. The van der Waals surface area contributed by atoms with E-state index in [4.69, 9.17) is 16.7 Å². The lowest BCUT2D eigenvalue weighted by Gasteiger charge is -2.04. The number of benzene rings is 1. The van der Waals surface area contributed by atoms with Crippen molar-refractivity contribution in [2.75, 3.05) is 0 Å². The summed E-state index contributed by atoms with van der Waals surface area (Å²) in [5.41, 5.74) is -0.230. The van der Waals surface area contributed by atoms with Crippen LogP contribution in [0.5, 0.6) is 0 Å². The summed E-state index contributed by atoms with van der Waals surface area (Å²) in [7, 11) is 0. The molecule has 0 fully saturated rings. The minimum absolute atomic E-state index is 0.168. The van der Waals surface area contributed by atoms with Crippen LogP contribution >= 0.6 is 11.6 Å². The molecule has 2 rings (SSSR count). The fraction of sp³-hybridized carbons (Fsp3) is 0.0833. The summed E-state index contributed by atoms with van der Waals surface area (Å²) in [6, 6.07) is 6.78. The van der Waals surface area contributed by atoms with E-state index >= 15 is 0 Å². The van der Waals surface area contributed by atoms with Crippen LogP contribution in [0, 0.1) is 6.92 Å². The Balaban J connectivity index is 2.62. The van der Waals surface area contributed by atoms with Gasteiger partial charge in [0.15, 0.2) is 0 Å². The van der Waals surface area contributed by atoms with Crippen molar-refractivity contribution in [1.82, 2.24) is 9.97 Å². The maximum Gasteiger partial charge on any atom is 0.343 e. The van der Waals surface area contributed by atoms with E-state index in [0.717, 1.165) is 0 Å². The molecular formula is C12H9ClN2O3. The molecule has 1 heterocycles. The standard InChI is InChI=1S/C12H9ClN2O3/c1-6-9(12(17)18)11(16)15-10(14-6)7-3-2-4-8(13)5-7/h2-5H,1H3,(H,17,18)(H,14,15,16). The van der Waals surface area contributed by atoms with Crippen LogP contribution in [0.15, 0.2) is 29.1 Å². The van der Waals surface area contributed by atoms with Gasteiger partial charge >= 0.3 is 5.97 Å². The van der Waals surface area contributed by atoms with Crippen LogP contribution in [0.1, 0.15) is 16.1 Å². The van der Waals surface area contributed by atoms with E-state index in [0.29, 0.717) is 16.4 Å². The minimum atomic E-state index is -1.29. The van der Waals surface area contributed by atoms with Crippen molar-refractivity contribution in [3.05, 3.63) is 50.9 Å². The van der Waals surface area contributed by atoms with E-state index in [2.05, 4.69) is 9.97 Å². The predicted octanol–water partition coefficient (Wildman–Crippen LogP) is 2.10. The molecule has 1 aromatic heterocycles. The molecule has 2 aromatic rings. The van der Waals surface area contributed by atoms with Gasteiger partial charge in [-0.1, -0.05) is 23.7 Å². The van der Waals surface area contributed by atoms with Gasteiger partial charge < -0.3 is 10.1 Å². The Morgan fingerprint density at radius 3 is 2.72 bits per heavy atom. The van der Waals surface area contributed by atoms with E-state index < -0.39 is 11.5 Å². The number of carboxylic acid groups (broad SMARTS) is 1. The van der Waals surface area contributed by atoms with Crippen molar-refractivity contribution in [2.24, 2.45) is 0 Å². The second-order valence-corrected chi connectivity index (χ2v) is 4.13. The Kier molecular flexibility index (Phi) is 3.16. The summed E-state index contributed by atoms with van der Waals surface area (Å²) in [4.78, 5) is 29.0. The third kappa shape index (κ3) is 2.26. The molecule has 18 heavy (non-hydrogen) atoms. The van der Waals surface area contributed by atoms with Crippen LogP contribution in [0.2, 0.25) is 5.02 Å². The molecule has 0 bridgehead atoms. The number of rotatable bonds is 2. The van der Waals surface area contributed by atoms with E-state index in [9.17, 15) is 9.59 Å². The number of nitrogens with one attached hydrogen (secondary N) is 1. The molecule has 6 heteroatoms. The van der Waals surface area contributed by atoms with Crippen molar-refractivity contribution in [3.63, 3.8) is 0 Å². The molecule has 0 amide bonds. The average Bonchev–Trinajstić information content (AvgIpc) is 2.27. The molecule has 2 N–H and O–H groups in total. The van der Waals surface area contributed by atoms with Crippen molar-refractivity contribution < 1.29 is 9.90 Å². The van der Waals surface area contributed by atoms with Crippen LogP contribution < -0.4 is 5.56 Å². The topological polar surface area (TPSA) is 83.0 Å². The Morgan fingerprint density at radius 2 is 2.17 bits per heavy atom. The van der Waals surface area contributed by atoms with Gasteiger partial charge in [-0.25, -0.2) is 9.78 Å². The molecule has 0 aliphatic rings. The highest BCUT2D eigenvalue weighted by molar-refractivity contribution is 6.30. The van der Waals surface area contributed by atoms with Crippen LogP contribution in [0.4, 0.5) is 0 Å². The Bertz CT molecular complexity index is 679.